The zero-order chi connectivity index (χ0) is 22.0. The highest BCUT2D eigenvalue weighted by atomic mass is 19.1. The van der Waals surface area contributed by atoms with Crippen LogP contribution < -0.4 is 16.0 Å². The largest absolute Gasteiger partial charge is 0.444 e. The molecular weight excluding hydrogens is 387 g/mol. The molecule has 0 bridgehead atoms. The summed E-state index contributed by atoms with van der Waals surface area (Å²) in [6.07, 6.45) is 1.23. The van der Waals surface area contributed by atoms with Gasteiger partial charge in [-0.05, 0) is 58.2 Å². The molecule has 8 heteroatoms. The second-order valence-electron chi connectivity index (χ2n) is 8.45. The molecule has 1 fully saturated rings. The average Bonchev–Trinajstić information content (AvgIpc) is 2.69. The Balaban J connectivity index is 1.97. The Morgan fingerprint density at radius 1 is 1.13 bits per heavy atom. The van der Waals surface area contributed by atoms with Crippen LogP contribution >= 0.6 is 0 Å². The number of amides is 1. The Kier molecular flexibility index (Phi) is 8.89. The van der Waals surface area contributed by atoms with Crippen LogP contribution in [0.3, 0.4) is 0 Å². The molecule has 168 valence electrons. The predicted molar refractivity (Wildman–Crippen MR) is 116 cm³/mol. The van der Waals surface area contributed by atoms with Crippen molar-refractivity contribution in [3.05, 3.63) is 35.6 Å². The second-order valence-corrected chi connectivity index (χ2v) is 8.45. The van der Waals surface area contributed by atoms with Crippen molar-refractivity contribution in [2.24, 2.45) is 4.99 Å². The van der Waals surface area contributed by atoms with Gasteiger partial charge in [0.2, 0.25) is 0 Å². The molecule has 1 heterocycles. The van der Waals surface area contributed by atoms with Gasteiger partial charge in [0.1, 0.15) is 11.4 Å². The highest BCUT2D eigenvalue weighted by molar-refractivity contribution is 5.79. The van der Waals surface area contributed by atoms with Crippen molar-refractivity contribution in [2.45, 2.75) is 51.6 Å². The molecule has 1 saturated heterocycles. The van der Waals surface area contributed by atoms with E-state index in [-0.39, 0.29) is 11.2 Å². The number of rotatable bonds is 7. The van der Waals surface area contributed by atoms with E-state index >= 15 is 0 Å². The van der Waals surface area contributed by atoms with Gasteiger partial charge in [0.25, 0.3) is 0 Å². The standard InChI is InChI=1S/C22H35FN4O3/c1-5-24-19(25-12-13-26-20(28)30-21(2,3)4)27-16-22(10-14-29-15-11-22)17-6-8-18(23)9-7-17/h6-9H,5,10-16H2,1-4H3,(H,26,28)(H2,24,25,27). The molecule has 1 aromatic carbocycles. The minimum absolute atomic E-state index is 0.178. The lowest BCUT2D eigenvalue weighted by molar-refractivity contribution is 0.0527. The predicted octanol–water partition coefficient (Wildman–Crippen LogP) is 2.95. The van der Waals surface area contributed by atoms with Gasteiger partial charge in [0, 0.05) is 38.3 Å². The molecule has 1 aliphatic rings. The summed E-state index contributed by atoms with van der Waals surface area (Å²) >= 11 is 0. The molecule has 7 nitrogen and oxygen atoms in total. The molecular formula is C22H35FN4O3. The van der Waals surface area contributed by atoms with Gasteiger partial charge >= 0.3 is 6.09 Å². The molecule has 0 aromatic heterocycles. The summed E-state index contributed by atoms with van der Waals surface area (Å²) in [5, 5.41) is 9.19. The number of carbonyl (C=O) groups is 1. The molecule has 0 spiro atoms. The topological polar surface area (TPSA) is 84.0 Å². The van der Waals surface area contributed by atoms with Gasteiger partial charge in [-0.1, -0.05) is 12.1 Å². The van der Waals surface area contributed by atoms with Gasteiger partial charge in [-0.2, -0.15) is 0 Å². The van der Waals surface area contributed by atoms with Crippen LogP contribution in [0.1, 0.15) is 46.1 Å². The molecule has 1 amide bonds. The molecule has 0 atom stereocenters. The maximum Gasteiger partial charge on any atom is 0.407 e. The summed E-state index contributed by atoms with van der Waals surface area (Å²) in [7, 11) is 0. The zero-order valence-electron chi connectivity index (χ0n) is 18.5. The maximum absolute atomic E-state index is 13.4. The molecule has 1 aromatic rings. The van der Waals surface area contributed by atoms with Crippen LogP contribution in [0.2, 0.25) is 0 Å². The van der Waals surface area contributed by atoms with Crippen LogP contribution in [0.4, 0.5) is 9.18 Å². The Bertz CT molecular complexity index is 695. The third kappa shape index (κ3) is 7.82. The summed E-state index contributed by atoms with van der Waals surface area (Å²) in [5.74, 6) is 0.438. The lowest BCUT2D eigenvalue weighted by atomic mass is 9.74. The second kappa shape index (κ2) is 11.2. The number of alkyl carbamates (subject to hydrolysis) is 1. The van der Waals surface area contributed by atoms with E-state index in [1.54, 1.807) is 0 Å². The molecule has 0 radical (unpaired) electrons. The number of carbonyl (C=O) groups excluding carboxylic acids is 1. The fourth-order valence-corrected chi connectivity index (χ4v) is 3.34. The Hall–Kier alpha value is -2.35. The summed E-state index contributed by atoms with van der Waals surface area (Å²) < 4.78 is 24.2. The van der Waals surface area contributed by atoms with E-state index < -0.39 is 11.7 Å². The number of halogens is 1. The minimum Gasteiger partial charge on any atom is -0.444 e. The Morgan fingerprint density at radius 3 is 2.37 bits per heavy atom. The van der Waals surface area contributed by atoms with E-state index in [0.717, 1.165) is 24.9 Å². The highest BCUT2D eigenvalue weighted by Crippen LogP contribution is 2.35. The first-order chi connectivity index (χ1) is 14.2. The third-order valence-corrected chi connectivity index (χ3v) is 4.88. The molecule has 3 N–H and O–H groups in total. The summed E-state index contributed by atoms with van der Waals surface area (Å²) in [4.78, 5) is 16.5. The molecule has 0 saturated carbocycles. The van der Waals surface area contributed by atoms with E-state index in [1.165, 1.54) is 12.1 Å². The van der Waals surface area contributed by atoms with Crippen molar-refractivity contribution in [3.63, 3.8) is 0 Å². The van der Waals surface area contributed by atoms with Crippen LogP contribution in [0.25, 0.3) is 0 Å². The van der Waals surface area contributed by atoms with Crippen LogP contribution in [-0.2, 0) is 14.9 Å². The number of hydrogen-bond donors (Lipinski definition) is 3. The van der Waals surface area contributed by atoms with Gasteiger partial charge in [-0.3, -0.25) is 4.99 Å². The maximum atomic E-state index is 13.4. The van der Waals surface area contributed by atoms with E-state index in [9.17, 15) is 9.18 Å². The Morgan fingerprint density at radius 2 is 1.77 bits per heavy atom. The number of aliphatic imine (C=N–C) groups is 1. The van der Waals surface area contributed by atoms with Crippen molar-refractivity contribution in [1.29, 1.82) is 0 Å². The number of nitrogens with one attached hydrogen (secondary N) is 3. The molecule has 30 heavy (non-hydrogen) atoms. The lowest BCUT2D eigenvalue weighted by Crippen LogP contribution is -2.44. The van der Waals surface area contributed by atoms with Crippen molar-refractivity contribution in [2.75, 3.05) is 39.4 Å². The summed E-state index contributed by atoms with van der Waals surface area (Å²) in [5.41, 5.74) is 0.383. The smallest absolute Gasteiger partial charge is 0.407 e. The first kappa shape index (κ1) is 23.9. The minimum atomic E-state index is -0.522. The summed E-state index contributed by atoms with van der Waals surface area (Å²) in [6, 6.07) is 6.70. The monoisotopic (exact) mass is 422 g/mol. The van der Waals surface area contributed by atoms with Gasteiger partial charge in [-0.25, -0.2) is 9.18 Å². The van der Waals surface area contributed by atoms with E-state index in [1.807, 2.05) is 39.8 Å². The number of ether oxygens (including phenoxy) is 2. The number of hydrogen-bond acceptors (Lipinski definition) is 4. The fourth-order valence-electron chi connectivity index (χ4n) is 3.34. The van der Waals surface area contributed by atoms with E-state index in [4.69, 9.17) is 14.5 Å². The first-order valence-corrected chi connectivity index (χ1v) is 10.6. The van der Waals surface area contributed by atoms with Gasteiger partial charge < -0.3 is 25.4 Å². The number of nitrogens with zero attached hydrogens (tertiary/aromatic N) is 1. The average molecular weight is 423 g/mol. The van der Waals surface area contributed by atoms with E-state index in [2.05, 4.69) is 16.0 Å². The van der Waals surface area contributed by atoms with Crippen LogP contribution in [0, 0.1) is 5.82 Å². The van der Waals surface area contributed by atoms with Gasteiger partial charge in [-0.15, -0.1) is 0 Å². The molecule has 0 aliphatic carbocycles. The number of guanidine groups is 1. The highest BCUT2D eigenvalue weighted by Gasteiger charge is 2.34. The summed E-state index contributed by atoms with van der Waals surface area (Å²) in [6.45, 7) is 11.0. The van der Waals surface area contributed by atoms with E-state index in [0.29, 0.717) is 38.8 Å². The van der Waals surface area contributed by atoms with Crippen molar-refractivity contribution >= 4 is 12.1 Å². The third-order valence-electron chi connectivity index (χ3n) is 4.88. The van der Waals surface area contributed by atoms with Crippen LogP contribution in [0.5, 0.6) is 0 Å². The SMILES string of the molecule is CCNC(=NCC1(c2ccc(F)cc2)CCOCC1)NCCNC(=O)OC(C)(C)C. The molecule has 0 unspecified atom stereocenters. The molecule has 2 rings (SSSR count). The van der Waals surface area contributed by atoms with Crippen molar-refractivity contribution in [3.8, 4) is 0 Å². The van der Waals surface area contributed by atoms with Gasteiger partial charge in [0.05, 0.1) is 6.54 Å². The zero-order valence-corrected chi connectivity index (χ0v) is 18.5. The van der Waals surface area contributed by atoms with Crippen LogP contribution in [0.15, 0.2) is 29.3 Å². The molecule has 1 aliphatic heterocycles. The Labute approximate surface area is 178 Å². The fraction of sp³-hybridized carbons (Fsp3) is 0.636. The lowest BCUT2D eigenvalue weighted by Gasteiger charge is -2.36. The van der Waals surface area contributed by atoms with Crippen molar-refractivity contribution in [1.82, 2.24) is 16.0 Å². The normalized spacial score (nSPS) is 16.6. The van der Waals surface area contributed by atoms with Crippen molar-refractivity contribution < 1.29 is 18.7 Å². The first-order valence-electron chi connectivity index (χ1n) is 10.6. The van der Waals surface area contributed by atoms with Crippen LogP contribution in [-0.4, -0.2) is 57.0 Å². The number of benzene rings is 1. The van der Waals surface area contributed by atoms with Gasteiger partial charge in [0.15, 0.2) is 5.96 Å². The quantitative estimate of drug-likeness (QED) is 0.357.